The molecule has 0 unspecified atom stereocenters. The van der Waals surface area contributed by atoms with Crippen molar-refractivity contribution in [3.05, 3.63) is 57.5 Å². The molecule has 2 aromatic rings. The highest BCUT2D eigenvalue weighted by molar-refractivity contribution is 9.10. The van der Waals surface area contributed by atoms with Crippen molar-refractivity contribution in [3.8, 4) is 11.5 Å². The summed E-state index contributed by atoms with van der Waals surface area (Å²) in [6, 6.07) is 12.5. The van der Waals surface area contributed by atoms with Gasteiger partial charge in [0.2, 0.25) is 0 Å². The van der Waals surface area contributed by atoms with Gasteiger partial charge in [0.05, 0.1) is 24.2 Å². The van der Waals surface area contributed by atoms with E-state index < -0.39 is 0 Å². The van der Waals surface area contributed by atoms with Gasteiger partial charge in [-0.2, -0.15) is 0 Å². The van der Waals surface area contributed by atoms with E-state index >= 15 is 0 Å². The fourth-order valence-electron chi connectivity index (χ4n) is 1.94. The van der Waals surface area contributed by atoms with E-state index in [1.165, 1.54) is 0 Å². The summed E-state index contributed by atoms with van der Waals surface area (Å²) in [5.41, 5.74) is 0.466. The Balaban J connectivity index is 1.89. The van der Waals surface area contributed by atoms with Crippen LogP contribution in [0.3, 0.4) is 0 Å². The first-order valence-electron chi connectivity index (χ1n) is 6.98. The van der Waals surface area contributed by atoms with E-state index in [1.807, 2.05) is 24.3 Å². The SMILES string of the molecule is COc1ccc(OCCN(C)C(=O)c2cc(Br)ccc2Cl)cc1. The molecule has 0 aliphatic rings. The van der Waals surface area contributed by atoms with Crippen LogP contribution in [-0.2, 0) is 0 Å². The summed E-state index contributed by atoms with van der Waals surface area (Å²) in [5, 5.41) is 0.432. The third-order valence-electron chi connectivity index (χ3n) is 3.26. The number of halogens is 2. The average Bonchev–Trinajstić information content (AvgIpc) is 2.57. The van der Waals surface area contributed by atoms with Crippen LogP contribution in [0.5, 0.6) is 11.5 Å². The summed E-state index contributed by atoms with van der Waals surface area (Å²) in [5.74, 6) is 1.36. The zero-order valence-electron chi connectivity index (χ0n) is 12.9. The Kier molecular flexibility index (Phi) is 6.30. The molecule has 0 fully saturated rings. The van der Waals surface area contributed by atoms with Crippen molar-refractivity contribution in [2.45, 2.75) is 0 Å². The number of methoxy groups -OCH3 is 1. The number of amides is 1. The lowest BCUT2D eigenvalue weighted by molar-refractivity contribution is 0.0774. The molecule has 2 rings (SSSR count). The van der Waals surface area contributed by atoms with E-state index in [9.17, 15) is 4.79 Å². The molecule has 0 saturated heterocycles. The minimum Gasteiger partial charge on any atom is -0.497 e. The molecule has 0 heterocycles. The minimum atomic E-state index is -0.144. The maximum Gasteiger partial charge on any atom is 0.255 e. The maximum absolute atomic E-state index is 12.4. The van der Waals surface area contributed by atoms with E-state index in [4.69, 9.17) is 21.1 Å². The molecular formula is C17H17BrClNO3. The number of rotatable bonds is 6. The Hall–Kier alpha value is -1.72. The minimum absolute atomic E-state index is 0.144. The Morgan fingerprint density at radius 2 is 1.83 bits per heavy atom. The molecule has 0 aromatic heterocycles. The lowest BCUT2D eigenvalue weighted by atomic mass is 10.2. The third kappa shape index (κ3) is 4.88. The van der Waals surface area contributed by atoms with Crippen LogP contribution in [0.4, 0.5) is 0 Å². The summed E-state index contributed by atoms with van der Waals surface area (Å²) in [6.07, 6.45) is 0. The zero-order chi connectivity index (χ0) is 16.8. The van der Waals surface area contributed by atoms with Crippen LogP contribution in [0.25, 0.3) is 0 Å². The van der Waals surface area contributed by atoms with E-state index in [0.717, 1.165) is 16.0 Å². The van der Waals surface area contributed by atoms with Crippen molar-refractivity contribution in [1.82, 2.24) is 4.90 Å². The summed E-state index contributed by atoms with van der Waals surface area (Å²) in [6.45, 7) is 0.841. The van der Waals surface area contributed by atoms with Gasteiger partial charge in [0.25, 0.3) is 5.91 Å². The highest BCUT2D eigenvalue weighted by Gasteiger charge is 2.15. The highest BCUT2D eigenvalue weighted by Crippen LogP contribution is 2.22. The first-order chi connectivity index (χ1) is 11.0. The molecule has 6 heteroatoms. The monoisotopic (exact) mass is 397 g/mol. The first-order valence-corrected chi connectivity index (χ1v) is 8.15. The van der Waals surface area contributed by atoms with E-state index in [0.29, 0.717) is 23.7 Å². The number of carbonyl (C=O) groups excluding carboxylic acids is 1. The molecule has 0 atom stereocenters. The van der Waals surface area contributed by atoms with Crippen molar-refractivity contribution < 1.29 is 14.3 Å². The molecule has 1 amide bonds. The molecule has 0 aliphatic heterocycles. The topological polar surface area (TPSA) is 38.8 Å². The predicted molar refractivity (Wildman–Crippen MR) is 94.6 cm³/mol. The molecule has 23 heavy (non-hydrogen) atoms. The number of carbonyl (C=O) groups is 1. The average molecular weight is 399 g/mol. The normalized spacial score (nSPS) is 10.3. The van der Waals surface area contributed by atoms with Gasteiger partial charge in [-0.25, -0.2) is 0 Å². The summed E-state index contributed by atoms with van der Waals surface area (Å²) >= 11 is 9.43. The second-order valence-electron chi connectivity index (χ2n) is 4.87. The Morgan fingerprint density at radius 3 is 2.48 bits per heavy atom. The van der Waals surface area contributed by atoms with Crippen molar-refractivity contribution in [3.63, 3.8) is 0 Å². The molecule has 122 valence electrons. The van der Waals surface area contributed by atoms with Crippen LogP contribution in [0.1, 0.15) is 10.4 Å². The second-order valence-corrected chi connectivity index (χ2v) is 6.20. The van der Waals surface area contributed by atoms with Crippen molar-refractivity contribution >= 4 is 33.4 Å². The fraction of sp³-hybridized carbons (Fsp3) is 0.235. The van der Waals surface area contributed by atoms with Gasteiger partial charge in [-0.05, 0) is 42.5 Å². The van der Waals surface area contributed by atoms with Gasteiger partial charge in [-0.15, -0.1) is 0 Å². The molecule has 0 bridgehead atoms. The number of likely N-dealkylation sites (N-methyl/N-ethyl adjacent to an activating group) is 1. The van der Waals surface area contributed by atoms with Crippen LogP contribution in [-0.4, -0.2) is 38.1 Å². The molecular weight excluding hydrogens is 382 g/mol. The van der Waals surface area contributed by atoms with E-state index in [-0.39, 0.29) is 5.91 Å². The predicted octanol–water partition coefficient (Wildman–Crippen LogP) is 4.26. The van der Waals surface area contributed by atoms with Crippen molar-refractivity contribution in [1.29, 1.82) is 0 Å². The first kappa shape index (κ1) is 17.6. The van der Waals surface area contributed by atoms with Crippen LogP contribution >= 0.6 is 27.5 Å². The lowest BCUT2D eigenvalue weighted by Crippen LogP contribution is -2.31. The Bertz CT molecular complexity index is 676. The summed E-state index contributed by atoms with van der Waals surface area (Å²) in [4.78, 5) is 14.0. The fourth-order valence-corrected chi connectivity index (χ4v) is 2.50. The summed E-state index contributed by atoms with van der Waals surface area (Å²) in [7, 11) is 3.33. The Morgan fingerprint density at radius 1 is 1.17 bits per heavy atom. The van der Waals surface area contributed by atoms with E-state index in [2.05, 4.69) is 15.9 Å². The van der Waals surface area contributed by atoms with Crippen LogP contribution in [0.15, 0.2) is 46.9 Å². The van der Waals surface area contributed by atoms with E-state index in [1.54, 1.807) is 37.3 Å². The number of benzene rings is 2. The highest BCUT2D eigenvalue weighted by atomic mass is 79.9. The molecule has 0 N–H and O–H groups in total. The largest absolute Gasteiger partial charge is 0.497 e. The zero-order valence-corrected chi connectivity index (χ0v) is 15.2. The Labute approximate surface area is 149 Å². The summed E-state index contributed by atoms with van der Waals surface area (Å²) < 4.78 is 11.5. The van der Waals surface area contributed by atoms with Gasteiger partial charge in [-0.1, -0.05) is 27.5 Å². The number of ether oxygens (including phenoxy) is 2. The van der Waals surface area contributed by atoms with Gasteiger partial charge in [0.1, 0.15) is 18.1 Å². The van der Waals surface area contributed by atoms with Gasteiger partial charge in [0.15, 0.2) is 0 Å². The number of nitrogens with zero attached hydrogens (tertiary/aromatic N) is 1. The molecule has 0 saturated carbocycles. The number of hydrogen-bond acceptors (Lipinski definition) is 3. The van der Waals surface area contributed by atoms with Crippen molar-refractivity contribution in [2.24, 2.45) is 0 Å². The van der Waals surface area contributed by atoms with Gasteiger partial charge < -0.3 is 14.4 Å². The van der Waals surface area contributed by atoms with Gasteiger partial charge >= 0.3 is 0 Å². The maximum atomic E-state index is 12.4. The lowest BCUT2D eigenvalue weighted by Gasteiger charge is -2.18. The molecule has 4 nitrogen and oxygen atoms in total. The third-order valence-corrected chi connectivity index (χ3v) is 4.08. The smallest absolute Gasteiger partial charge is 0.255 e. The standard InChI is InChI=1S/C17H17BrClNO3/c1-20(17(21)15-11-12(18)3-8-16(15)19)9-10-23-14-6-4-13(22-2)5-7-14/h3-8,11H,9-10H2,1-2H3. The van der Waals surface area contributed by atoms with Crippen LogP contribution < -0.4 is 9.47 Å². The second kappa shape index (κ2) is 8.22. The van der Waals surface area contributed by atoms with Crippen LogP contribution in [0.2, 0.25) is 5.02 Å². The molecule has 2 aromatic carbocycles. The molecule has 0 spiro atoms. The van der Waals surface area contributed by atoms with Gasteiger partial charge in [-0.3, -0.25) is 4.79 Å². The quantitative estimate of drug-likeness (QED) is 0.730. The molecule has 0 radical (unpaired) electrons. The number of hydrogen-bond donors (Lipinski definition) is 0. The van der Waals surface area contributed by atoms with Crippen molar-refractivity contribution in [2.75, 3.05) is 27.3 Å². The molecule has 0 aliphatic carbocycles. The van der Waals surface area contributed by atoms with Crippen LogP contribution in [0, 0.1) is 0 Å². The van der Waals surface area contributed by atoms with Gasteiger partial charge in [0, 0.05) is 11.5 Å².